The monoisotopic (exact) mass is 267 g/mol. The molecular formula is C13H21N3O3. The predicted molar refractivity (Wildman–Crippen MR) is 72.0 cm³/mol. The van der Waals surface area contributed by atoms with Gasteiger partial charge in [-0.1, -0.05) is 6.92 Å². The normalized spacial score (nSPS) is 12.2. The lowest BCUT2D eigenvalue weighted by Gasteiger charge is -2.13. The van der Waals surface area contributed by atoms with Gasteiger partial charge in [0, 0.05) is 17.7 Å². The van der Waals surface area contributed by atoms with Crippen LogP contribution in [0.1, 0.15) is 36.8 Å². The van der Waals surface area contributed by atoms with Crippen LogP contribution < -0.4 is 10.9 Å². The van der Waals surface area contributed by atoms with E-state index in [2.05, 4.69) is 15.3 Å². The Morgan fingerprint density at radius 3 is 2.68 bits per heavy atom. The average Bonchev–Trinajstić information content (AvgIpc) is 2.34. The zero-order chi connectivity index (χ0) is 14.4. The number of rotatable bonds is 6. The van der Waals surface area contributed by atoms with Crippen molar-refractivity contribution in [2.24, 2.45) is 0 Å². The van der Waals surface area contributed by atoms with Crippen LogP contribution in [-0.4, -0.2) is 33.6 Å². The molecule has 1 amide bonds. The number of nitrogens with one attached hydrogen (secondary N) is 2. The molecule has 1 atom stereocenters. The lowest BCUT2D eigenvalue weighted by atomic mass is 10.1. The molecule has 0 saturated carbocycles. The van der Waals surface area contributed by atoms with Crippen molar-refractivity contribution in [1.82, 2.24) is 15.3 Å². The maximum atomic E-state index is 11.7. The number of aliphatic hydroxyl groups excluding tert-OH is 1. The number of aryl methyl sites for hydroxylation is 2. The van der Waals surface area contributed by atoms with Crippen molar-refractivity contribution in [2.75, 3.05) is 6.61 Å². The Morgan fingerprint density at radius 1 is 1.47 bits per heavy atom. The van der Waals surface area contributed by atoms with Gasteiger partial charge in [-0.25, -0.2) is 4.98 Å². The SMILES string of the molecule is CCC(CO)NC(=O)CCc1c(C)nc(C)[nH]c1=O. The van der Waals surface area contributed by atoms with Gasteiger partial charge in [0.05, 0.1) is 12.6 Å². The van der Waals surface area contributed by atoms with Crippen molar-refractivity contribution >= 4 is 5.91 Å². The number of carbonyl (C=O) groups is 1. The third-order valence-corrected chi connectivity index (χ3v) is 3.02. The molecule has 0 aromatic carbocycles. The molecule has 1 heterocycles. The minimum Gasteiger partial charge on any atom is -0.394 e. The molecule has 0 aliphatic carbocycles. The molecule has 0 fully saturated rings. The molecule has 19 heavy (non-hydrogen) atoms. The molecule has 106 valence electrons. The first kappa shape index (κ1) is 15.4. The van der Waals surface area contributed by atoms with Crippen LogP contribution in [0.3, 0.4) is 0 Å². The van der Waals surface area contributed by atoms with Crippen LogP contribution in [0.2, 0.25) is 0 Å². The van der Waals surface area contributed by atoms with Gasteiger partial charge < -0.3 is 15.4 Å². The summed E-state index contributed by atoms with van der Waals surface area (Å²) in [5, 5.41) is 11.7. The van der Waals surface area contributed by atoms with Gasteiger partial charge in [-0.05, 0) is 26.7 Å². The zero-order valence-electron chi connectivity index (χ0n) is 11.6. The fraction of sp³-hybridized carbons (Fsp3) is 0.615. The first-order valence-electron chi connectivity index (χ1n) is 6.44. The molecule has 0 radical (unpaired) electrons. The van der Waals surface area contributed by atoms with E-state index < -0.39 is 0 Å². The van der Waals surface area contributed by atoms with E-state index in [1.165, 1.54) is 0 Å². The van der Waals surface area contributed by atoms with Gasteiger partial charge in [-0.3, -0.25) is 9.59 Å². The van der Waals surface area contributed by atoms with Gasteiger partial charge in [-0.2, -0.15) is 0 Å². The quantitative estimate of drug-likeness (QED) is 0.686. The van der Waals surface area contributed by atoms with E-state index in [9.17, 15) is 9.59 Å². The number of nitrogens with zero attached hydrogens (tertiary/aromatic N) is 1. The summed E-state index contributed by atoms with van der Waals surface area (Å²) in [7, 11) is 0. The highest BCUT2D eigenvalue weighted by Gasteiger charge is 2.12. The number of aliphatic hydroxyl groups is 1. The maximum Gasteiger partial charge on any atom is 0.254 e. The second kappa shape index (κ2) is 7.04. The molecule has 1 aromatic heterocycles. The van der Waals surface area contributed by atoms with Crippen molar-refractivity contribution in [1.29, 1.82) is 0 Å². The molecule has 0 spiro atoms. The van der Waals surface area contributed by atoms with Gasteiger partial charge in [0.2, 0.25) is 5.91 Å². The van der Waals surface area contributed by atoms with Crippen molar-refractivity contribution in [3.63, 3.8) is 0 Å². The molecule has 6 heteroatoms. The Hall–Kier alpha value is -1.69. The summed E-state index contributed by atoms with van der Waals surface area (Å²) >= 11 is 0. The van der Waals surface area contributed by atoms with Crippen LogP contribution in [0, 0.1) is 13.8 Å². The van der Waals surface area contributed by atoms with Crippen LogP contribution in [0.4, 0.5) is 0 Å². The predicted octanol–water partition coefficient (Wildman–Crippen LogP) is 0.206. The molecule has 0 aliphatic rings. The van der Waals surface area contributed by atoms with Crippen molar-refractivity contribution in [3.05, 3.63) is 27.4 Å². The number of hydrogen-bond acceptors (Lipinski definition) is 4. The Kier molecular flexibility index (Phi) is 5.69. The molecule has 1 aromatic rings. The van der Waals surface area contributed by atoms with Gasteiger partial charge in [0.1, 0.15) is 5.82 Å². The van der Waals surface area contributed by atoms with Crippen LogP contribution in [-0.2, 0) is 11.2 Å². The first-order chi connectivity index (χ1) is 8.97. The second-order valence-electron chi connectivity index (χ2n) is 4.57. The Morgan fingerprint density at radius 2 is 2.16 bits per heavy atom. The highest BCUT2D eigenvalue weighted by molar-refractivity contribution is 5.76. The fourth-order valence-electron chi connectivity index (χ4n) is 1.86. The van der Waals surface area contributed by atoms with E-state index in [0.29, 0.717) is 29.9 Å². The van der Waals surface area contributed by atoms with E-state index in [1.807, 2.05) is 6.92 Å². The van der Waals surface area contributed by atoms with Crippen LogP contribution in [0.15, 0.2) is 4.79 Å². The van der Waals surface area contributed by atoms with Crippen LogP contribution in [0.5, 0.6) is 0 Å². The van der Waals surface area contributed by atoms with Crippen LogP contribution >= 0.6 is 0 Å². The minimum absolute atomic E-state index is 0.0755. The molecule has 1 unspecified atom stereocenters. The summed E-state index contributed by atoms with van der Waals surface area (Å²) in [5.41, 5.74) is 1.01. The Balaban J connectivity index is 2.63. The molecule has 6 nitrogen and oxygen atoms in total. The van der Waals surface area contributed by atoms with Gasteiger partial charge in [0.15, 0.2) is 0 Å². The smallest absolute Gasteiger partial charge is 0.254 e. The number of aromatic amines is 1. The Bertz CT molecular complexity index is 492. The zero-order valence-corrected chi connectivity index (χ0v) is 11.6. The number of carbonyl (C=O) groups excluding carboxylic acids is 1. The summed E-state index contributed by atoms with van der Waals surface area (Å²) in [6.07, 6.45) is 1.24. The summed E-state index contributed by atoms with van der Waals surface area (Å²) in [6, 6.07) is -0.219. The van der Waals surface area contributed by atoms with Gasteiger partial charge in [0.25, 0.3) is 5.56 Å². The van der Waals surface area contributed by atoms with E-state index in [4.69, 9.17) is 5.11 Å². The molecule has 3 N–H and O–H groups in total. The van der Waals surface area contributed by atoms with Crippen molar-refractivity contribution in [2.45, 2.75) is 46.1 Å². The summed E-state index contributed by atoms with van der Waals surface area (Å²) < 4.78 is 0. The lowest BCUT2D eigenvalue weighted by Crippen LogP contribution is -2.37. The number of hydrogen-bond donors (Lipinski definition) is 3. The van der Waals surface area contributed by atoms with Crippen molar-refractivity contribution < 1.29 is 9.90 Å². The van der Waals surface area contributed by atoms with E-state index in [-0.39, 0.29) is 30.5 Å². The second-order valence-corrected chi connectivity index (χ2v) is 4.57. The fourth-order valence-corrected chi connectivity index (χ4v) is 1.86. The van der Waals surface area contributed by atoms with E-state index in [1.54, 1.807) is 13.8 Å². The maximum absolute atomic E-state index is 11.7. The van der Waals surface area contributed by atoms with E-state index in [0.717, 1.165) is 0 Å². The van der Waals surface area contributed by atoms with Crippen molar-refractivity contribution in [3.8, 4) is 0 Å². The van der Waals surface area contributed by atoms with Crippen LogP contribution in [0.25, 0.3) is 0 Å². The molecule has 0 aliphatic heterocycles. The standard InChI is InChI=1S/C13H21N3O3/c1-4-10(7-17)16-12(18)6-5-11-8(2)14-9(3)15-13(11)19/h10,17H,4-7H2,1-3H3,(H,16,18)(H,14,15,19). The molecule has 0 bridgehead atoms. The number of amides is 1. The summed E-state index contributed by atoms with van der Waals surface area (Å²) in [6.45, 7) is 5.30. The highest BCUT2D eigenvalue weighted by atomic mass is 16.3. The number of aromatic nitrogens is 2. The summed E-state index contributed by atoms with van der Waals surface area (Å²) in [5.74, 6) is 0.405. The number of H-pyrrole nitrogens is 1. The summed E-state index contributed by atoms with van der Waals surface area (Å²) in [4.78, 5) is 30.2. The molecular weight excluding hydrogens is 246 g/mol. The van der Waals surface area contributed by atoms with Gasteiger partial charge >= 0.3 is 0 Å². The van der Waals surface area contributed by atoms with Gasteiger partial charge in [-0.15, -0.1) is 0 Å². The Labute approximate surface area is 112 Å². The minimum atomic E-state index is -0.219. The average molecular weight is 267 g/mol. The highest BCUT2D eigenvalue weighted by Crippen LogP contribution is 2.03. The van der Waals surface area contributed by atoms with E-state index >= 15 is 0 Å². The largest absolute Gasteiger partial charge is 0.394 e. The first-order valence-corrected chi connectivity index (χ1v) is 6.44. The third kappa shape index (κ3) is 4.48. The third-order valence-electron chi connectivity index (χ3n) is 3.02. The topological polar surface area (TPSA) is 95.1 Å². The molecule has 1 rings (SSSR count). The molecule has 0 saturated heterocycles. The lowest BCUT2D eigenvalue weighted by molar-refractivity contribution is -0.122.